The Kier molecular flexibility index (Phi) is 1.75. The fourth-order valence-electron chi connectivity index (χ4n) is 1.38. The summed E-state index contributed by atoms with van der Waals surface area (Å²) in [5.41, 5.74) is 0.140. The highest BCUT2D eigenvalue weighted by Crippen LogP contribution is 2.33. The van der Waals surface area contributed by atoms with Crippen LogP contribution >= 0.6 is 0 Å². The molecule has 1 aromatic carbocycles. The molecule has 1 aliphatic heterocycles. The van der Waals surface area contributed by atoms with Crippen molar-refractivity contribution in [3.8, 4) is 5.75 Å². The second kappa shape index (κ2) is 2.71. The van der Waals surface area contributed by atoms with E-state index in [-0.39, 0.29) is 16.3 Å². The van der Waals surface area contributed by atoms with E-state index in [1.54, 1.807) is 0 Å². The Balaban J connectivity index is 2.77. The molecule has 14 heavy (non-hydrogen) atoms. The Hall–Kier alpha value is -1.56. The van der Waals surface area contributed by atoms with Crippen molar-refractivity contribution in [2.24, 2.45) is 0 Å². The summed E-state index contributed by atoms with van der Waals surface area (Å²) in [6.45, 7) is 0. The topological polar surface area (TPSA) is 83.5 Å². The van der Waals surface area contributed by atoms with Crippen LogP contribution in [0.2, 0.25) is 0 Å². The minimum atomic E-state index is -3.68. The van der Waals surface area contributed by atoms with Crippen LogP contribution < -0.4 is 5.32 Å². The van der Waals surface area contributed by atoms with Crippen LogP contribution in [0.5, 0.6) is 5.75 Å². The molecular formula is C8H7NO4S. The number of hydrogen-bond donors (Lipinski definition) is 2. The average molecular weight is 213 g/mol. The first-order valence-electron chi connectivity index (χ1n) is 3.85. The molecule has 1 heterocycles. The zero-order chi connectivity index (χ0) is 10.3. The van der Waals surface area contributed by atoms with E-state index < -0.39 is 21.5 Å². The quantitative estimate of drug-likeness (QED) is 0.641. The summed E-state index contributed by atoms with van der Waals surface area (Å²) in [6.07, 6.45) is 0. The molecule has 0 radical (unpaired) electrons. The summed E-state index contributed by atoms with van der Waals surface area (Å²) in [6, 6.07) is 4.17. The van der Waals surface area contributed by atoms with Gasteiger partial charge in [-0.15, -0.1) is 0 Å². The summed E-state index contributed by atoms with van der Waals surface area (Å²) in [7, 11) is -3.68. The van der Waals surface area contributed by atoms with Crippen molar-refractivity contribution in [3.05, 3.63) is 18.2 Å². The highest BCUT2D eigenvalue weighted by molar-refractivity contribution is 7.92. The van der Waals surface area contributed by atoms with Crippen molar-refractivity contribution < 1.29 is 18.3 Å². The van der Waals surface area contributed by atoms with Crippen molar-refractivity contribution in [1.29, 1.82) is 0 Å². The molecule has 0 bridgehead atoms. The predicted octanol–water partition coefficient (Wildman–Crippen LogP) is 0.118. The van der Waals surface area contributed by atoms with Crippen molar-refractivity contribution in [2.75, 3.05) is 11.1 Å². The summed E-state index contributed by atoms with van der Waals surface area (Å²) in [5.74, 6) is -1.52. The first kappa shape index (κ1) is 9.01. The molecule has 74 valence electrons. The third kappa shape index (κ3) is 1.24. The van der Waals surface area contributed by atoms with E-state index in [1.165, 1.54) is 18.2 Å². The Morgan fingerprint density at radius 1 is 1.36 bits per heavy atom. The molecule has 1 amide bonds. The lowest BCUT2D eigenvalue weighted by Gasteiger charge is -2.17. The number of carbonyl (C=O) groups is 1. The summed E-state index contributed by atoms with van der Waals surface area (Å²) in [4.78, 5) is 10.8. The molecule has 0 aliphatic carbocycles. The van der Waals surface area contributed by atoms with E-state index in [4.69, 9.17) is 0 Å². The van der Waals surface area contributed by atoms with Crippen molar-refractivity contribution in [1.82, 2.24) is 0 Å². The minimum Gasteiger partial charge on any atom is -0.507 e. The molecule has 2 rings (SSSR count). The van der Waals surface area contributed by atoms with Crippen molar-refractivity contribution in [2.45, 2.75) is 4.90 Å². The summed E-state index contributed by atoms with van der Waals surface area (Å²) < 4.78 is 23.0. The van der Waals surface area contributed by atoms with Gasteiger partial charge < -0.3 is 10.4 Å². The number of carbonyl (C=O) groups excluding carboxylic acids is 1. The van der Waals surface area contributed by atoms with Crippen molar-refractivity contribution >= 4 is 21.4 Å². The molecule has 6 heteroatoms. The van der Waals surface area contributed by atoms with E-state index in [1.807, 2.05) is 0 Å². The summed E-state index contributed by atoms with van der Waals surface area (Å²) >= 11 is 0. The number of sulfone groups is 1. The van der Waals surface area contributed by atoms with Gasteiger partial charge in [0.2, 0.25) is 5.91 Å². The molecular weight excluding hydrogens is 206 g/mol. The van der Waals surface area contributed by atoms with E-state index in [2.05, 4.69) is 5.32 Å². The Morgan fingerprint density at radius 3 is 2.79 bits per heavy atom. The average Bonchev–Trinajstić information content (AvgIpc) is 2.00. The van der Waals surface area contributed by atoms with Gasteiger partial charge in [0, 0.05) is 0 Å². The number of fused-ring (bicyclic) bond motifs is 1. The van der Waals surface area contributed by atoms with Gasteiger partial charge in [0.15, 0.2) is 9.84 Å². The fourth-order valence-corrected chi connectivity index (χ4v) is 2.78. The number of amides is 1. The number of aromatic hydroxyl groups is 1. The fraction of sp³-hybridized carbons (Fsp3) is 0.125. The standard InChI is InChI=1S/C8H7NO4S/c10-6-3-1-2-5-8(6)14(12,13)4-7(11)9-5/h1-3,10H,4H2,(H,9,11). The highest BCUT2D eigenvalue weighted by Gasteiger charge is 2.31. The van der Waals surface area contributed by atoms with Gasteiger partial charge in [-0.3, -0.25) is 4.79 Å². The normalized spacial score (nSPS) is 18.4. The lowest BCUT2D eigenvalue weighted by Crippen LogP contribution is -2.29. The van der Waals surface area contributed by atoms with Gasteiger partial charge in [-0.05, 0) is 12.1 Å². The largest absolute Gasteiger partial charge is 0.507 e. The van der Waals surface area contributed by atoms with Gasteiger partial charge in [-0.25, -0.2) is 8.42 Å². The number of hydrogen-bond acceptors (Lipinski definition) is 4. The molecule has 0 saturated heterocycles. The molecule has 0 atom stereocenters. The van der Waals surface area contributed by atoms with Gasteiger partial charge in [-0.2, -0.15) is 0 Å². The molecule has 2 N–H and O–H groups in total. The van der Waals surface area contributed by atoms with Crippen LogP contribution in [0.1, 0.15) is 0 Å². The maximum absolute atomic E-state index is 11.5. The van der Waals surface area contributed by atoms with Crippen LogP contribution in [0.15, 0.2) is 23.1 Å². The SMILES string of the molecule is O=C1CS(=O)(=O)c2c(O)cccc2N1. The molecule has 0 spiro atoms. The highest BCUT2D eigenvalue weighted by atomic mass is 32.2. The third-order valence-corrected chi connectivity index (χ3v) is 3.59. The number of benzene rings is 1. The van der Waals surface area contributed by atoms with Crippen LogP contribution in [0.4, 0.5) is 5.69 Å². The molecule has 0 saturated carbocycles. The molecule has 0 unspecified atom stereocenters. The molecule has 1 aromatic rings. The van der Waals surface area contributed by atoms with Crippen LogP contribution in [0, 0.1) is 0 Å². The molecule has 0 aromatic heterocycles. The van der Waals surface area contributed by atoms with Gasteiger partial charge in [0.1, 0.15) is 16.4 Å². The third-order valence-electron chi connectivity index (χ3n) is 1.90. The number of rotatable bonds is 0. The van der Waals surface area contributed by atoms with Gasteiger partial charge >= 0.3 is 0 Å². The number of phenols is 1. The Labute approximate surface area is 80.3 Å². The first-order valence-corrected chi connectivity index (χ1v) is 5.50. The second-order valence-electron chi connectivity index (χ2n) is 2.96. The maximum Gasteiger partial charge on any atom is 0.240 e. The second-order valence-corrected chi connectivity index (χ2v) is 4.89. The van der Waals surface area contributed by atoms with E-state index in [0.717, 1.165) is 0 Å². The Morgan fingerprint density at radius 2 is 2.07 bits per heavy atom. The minimum absolute atomic E-state index is 0.140. The number of phenolic OH excluding ortho intramolecular Hbond substituents is 1. The van der Waals surface area contributed by atoms with Crippen LogP contribution in [-0.2, 0) is 14.6 Å². The molecule has 0 fully saturated rings. The molecule has 1 aliphatic rings. The maximum atomic E-state index is 11.5. The lowest BCUT2D eigenvalue weighted by atomic mass is 10.3. The number of nitrogens with one attached hydrogen (secondary N) is 1. The van der Waals surface area contributed by atoms with E-state index in [0.29, 0.717) is 0 Å². The van der Waals surface area contributed by atoms with Gasteiger partial charge in [0.25, 0.3) is 0 Å². The van der Waals surface area contributed by atoms with Crippen LogP contribution in [0.25, 0.3) is 0 Å². The Bertz CT molecular complexity index is 506. The summed E-state index contributed by atoms with van der Waals surface area (Å²) in [5, 5.41) is 11.7. The zero-order valence-corrected chi connectivity index (χ0v) is 7.84. The van der Waals surface area contributed by atoms with E-state index in [9.17, 15) is 18.3 Å². The van der Waals surface area contributed by atoms with Crippen LogP contribution in [-0.4, -0.2) is 25.2 Å². The van der Waals surface area contributed by atoms with Crippen molar-refractivity contribution in [3.63, 3.8) is 0 Å². The zero-order valence-electron chi connectivity index (χ0n) is 7.02. The van der Waals surface area contributed by atoms with Gasteiger partial charge in [-0.1, -0.05) is 6.07 Å². The molecule has 5 nitrogen and oxygen atoms in total. The smallest absolute Gasteiger partial charge is 0.240 e. The van der Waals surface area contributed by atoms with Crippen LogP contribution in [0.3, 0.4) is 0 Å². The number of anilines is 1. The lowest BCUT2D eigenvalue weighted by molar-refractivity contribution is -0.114. The van der Waals surface area contributed by atoms with E-state index >= 15 is 0 Å². The first-order chi connectivity index (χ1) is 6.50. The predicted molar refractivity (Wildman–Crippen MR) is 48.8 cm³/mol. The van der Waals surface area contributed by atoms with Gasteiger partial charge in [0.05, 0.1) is 5.69 Å². The monoisotopic (exact) mass is 213 g/mol.